The largest absolute Gasteiger partial charge is 0.0906 e. The Balaban J connectivity index is 1.86. The van der Waals surface area contributed by atoms with E-state index < -0.39 is 0 Å². The number of hydrogen-bond donors (Lipinski definition) is 0. The lowest BCUT2D eigenvalue weighted by atomic mass is 9.88. The highest BCUT2D eigenvalue weighted by Crippen LogP contribution is 2.42. The van der Waals surface area contributed by atoms with Gasteiger partial charge < -0.3 is 0 Å². The normalized spacial score (nSPS) is 14.1. The summed E-state index contributed by atoms with van der Waals surface area (Å²) < 4.78 is 0. The van der Waals surface area contributed by atoms with Gasteiger partial charge >= 0.3 is 0 Å². The summed E-state index contributed by atoms with van der Waals surface area (Å²) in [5.41, 5.74) is 12.4. The zero-order valence-electron chi connectivity index (χ0n) is 12.9. The Kier molecular flexibility index (Phi) is 2.38. The molecule has 0 unspecified atom stereocenters. The second-order valence-corrected chi connectivity index (χ2v) is 6.46. The SMILES string of the molecule is C=C1C(=C)c2ccc(cc2)-c2cc3c(cc2-c2ccc1cc2)C3. The van der Waals surface area contributed by atoms with E-state index in [4.69, 9.17) is 0 Å². The van der Waals surface area contributed by atoms with E-state index in [0.29, 0.717) is 0 Å². The standard InChI is InChI=1S/C23H16/c1-14-15(2)17-5-9-19(10-6-17)23-13-21-11-20(21)12-22(23)18-7-3-16(14)4-8-18/h3-10,12-13H,1-2,11H2. The summed E-state index contributed by atoms with van der Waals surface area (Å²) in [6.07, 6.45) is 1.14. The van der Waals surface area contributed by atoms with Gasteiger partial charge in [0.05, 0.1) is 0 Å². The molecule has 108 valence electrons. The van der Waals surface area contributed by atoms with Gasteiger partial charge in [-0.05, 0) is 74.2 Å². The molecule has 0 heteroatoms. The molecule has 23 heavy (non-hydrogen) atoms. The van der Waals surface area contributed by atoms with Crippen LogP contribution in [0.4, 0.5) is 0 Å². The lowest BCUT2D eigenvalue weighted by Crippen LogP contribution is -1.92. The monoisotopic (exact) mass is 292 g/mol. The second kappa shape index (κ2) is 4.33. The Morgan fingerprint density at radius 1 is 0.522 bits per heavy atom. The van der Waals surface area contributed by atoms with Crippen LogP contribution >= 0.6 is 0 Å². The van der Waals surface area contributed by atoms with E-state index in [1.807, 2.05) is 0 Å². The third-order valence-electron chi connectivity index (χ3n) is 5.05. The molecule has 0 radical (unpaired) electrons. The van der Waals surface area contributed by atoms with Crippen LogP contribution < -0.4 is 0 Å². The molecular formula is C23H16. The second-order valence-electron chi connectivity index (χ2n) is 6.46. The molecule has 0 saturated carbocycles. The average molecular weight is 292 g/mol. The average Bonchev–Trinajstić information content (AvgIpc) is 3.37. The van der Waals surface area contributed by atoms with Crippen LogP contribution in [0.25, 0.3) is 33.4 Å². The maximum Gasteiger partial charge on any atom is -0.00196 e. The van der Waals surface area contributed by atoms with E-state index in [2.05, 4.69) is 73.8 Å². The maximum atomic E-state index is 4.24. The highest BCUT2D eigenvalue weighted by atomic mass is 14.3. The van der Waals surface area contributed by atoms with Gasteiger partial charge in [0.2, 0.25) is 0 Å². The zero-order valence-corrected chi connectivity index (χ0v) is 12.9. The van der Waals surface area contributed by atoms with Crippen molar-refractivity contribution in [1.82, 2.24) is 0 Å². The Labute approximate surface area is 136 Å². The number of allylic oxidation sites excluding steroid dienone is 2. The molecule has 0 fully saturated rings. The van der Waals surface area contributed by atoms with Crippen molar-refractivity contribution in [2.45, 2.75) is 6.42 Å². The number of hydrogen-bond acceptors (Lipinski definition) is 0. The molecule has 0 heterocycles. The van der Waals surface area contributed by atoms with Gasteiger partial charge in [0.15, 0.2) is 0 Å². The third kappa shape index (κ3) is 1.85. The minimum absolute atomic E-state index is 0.991. The fourth-order valence-corrected chi connectivity index (χ4v) is 3.48. The minimum atomic E-state index is 0.991. The van der Waals surface area contributed by atoms with Crippen LogP contribution in [0.3, 0.4) is 0 Å². The van der Waals surface area contributed by atoms with Crippen molar-refractivity contribution in [2.75, 3.05) is 0 Å². The first-order valence-electron chi connectivity index (χ1n) is 7.96. The van der Waals surface area contributed by atoms with Gasteiger partial charge in [-0.2, -0.15) is 0 Å². The van der Waals surface area contributed by atoms with Crippen molar-refractivity contribution in [2.24, 2.45) is 0 Å². The fraction of sp³-hybridized carbons (Fsp3) is 0.0435. The van der Waals surface area contributed by atoms with E-state index in [9.17, 15) is 0 Å². The third-order valence-corrected chi connectivity index (χ3v) is 5.05. The van der Waals surface area contributed by atoms with Crippen molar-refractivity contribution >= 4 is 11.1 Å². The van der Waals surface area contributed by atoms with Crippen LogP contribution in [0.1, 0.15) is 22.3 Å². The first-order valence-corrected chi connectivity index (χ1v) is 7.96. The predicted molar refractivity (Wildman–Crippen MR) is 98.2 cm³/mol. The quantitative estimate of drug-likeness (QED) is 0.375. The van der Waals surface area contributed by atoms with Gasteiger partial charge in [0.25, 0.3) is 0 Å². The van der Waals surface area contributed by atoms with E-state index in [1.165, 1.54) is 33.4 Å². The van der Waals surface area contributed by atoms with Crippen molar-refractivity contribution in [3.8, 4) is 22.3 Å². The molecule has 0 spiro atoms. The molecule has 0 atom stereocenters. The fourth-order valence-electron chi connectivity index (χ4n) is 3.48. The van der Waals surface area contributed by atoms with E-state index in [0.717, 1.165) is 28.7 Å². The number of rotatable bonds is 0. The van der Waals surface area contributed by atoms with Crippen LogP contribution in [0, 0.1) is 0 Å². The predicted octanol–water partition coefficient (Wildman–Crippen LogP) is 5.96. The summed E-state index contributed by atoms with van der Waals surface area (Å²) in [5, 5.41) is 0. The van der Waals surface area contributed by atoms with E-state index in [-0.39, 0.29) is 0 Å². The molecule has 8 rings (SSSR count). The minimum Gasteiger partial charge on any atom is -0.0906 e. The Hall–Kier alpha value is -2.86. The smallest absolute Gasteiger partial charge is 0.00196 e. The van der Waals surface area contributed by atoms with Gasteiger partial charge in [-0.15, -0.1) is 0 Å². The number of benzene rings is 3. The Bertz CT molecular complexity index is 901. The van der Waals surface area contributed by atoms with Crippen molar-refractivity contribution < 1.29 is 0 Å². The van der Waals surface area contributed by atoms with E-state index in [1.54, 1.807) is 0 Å². The molecule has 0 saturated heterocycles. The van der Waals surface area contributed by atoms with Crippen LogP contribution in [-0.4, -0.2) is 0 Å². The molecule has 0 aliphatic heterocycles. The summed E-state index contributed by atoms with van der Waals surface area (Å²) in [7, 11) is 0. The van der Waals surface area contributed by atoms with Gasteiger partial charge in [0.1, 0.15) is 0 Å². The van der Waals surface area contributed by atoms with E-state index >= 15 is 0 Å². The summed E-state index contributed by atoms with van der Waals surface area (Å²) in [6.45, 7) is 8.48. The molecule has 0 N–H and O–H groups in total. The molecule has 0 nitrogen and oxygen atoms in total. The summed E-state index contributed by atoms with van der Waals surface area (Å²) in [6, 6.07) is 22.2. The summed E-state index contributed by atoms with van der Waals surface area (Å²) in [4.78, 5) is 0. The molecule has 3 aromatic carbocycles. The molecule has 3 aromatic rings. The van der Waals surface area contributed by atoms with Gasteiger partial charge in [-0.1, -0.05) is 61.7 Å². The lowest BCUT2D eigenvalue weighted by molar-refractivity contribution is 1.54. The summed E-state index contributed by atoms with van der Waals surface area (Å²) >= 11 is 0. The van der Waals surface area contributed by atoms with Gasteiger partial charge in [0, 0.05) is 0 Å². The van der Waals surface area contributed by atoms with Crippen molar-refractivity contribution in [3.05, 3.63) is 96.1 Å². The van der Waals surface area contributed by atoms with Crippen LogP contribution in [0.15, 0.2) is 73.8 Å². The van der Waals surface area contributed by atoms with Crippen molar-refractivity contribution in [3.63, 3.8) is 0 Å². The van der Waals surface area contributed by atoms with Crippen LogP contribution in [0.2, 0.25) is 0 Å². The first kappa shape index (κ1) is 12.7. The maximum absolute atomic E-state index is 4.24. The molecule has 5 aliphatic rings. The molecule has 0 aromatic heterocycles. The van der Waals surface area contributed by atoms with Crippen LogP contribution in [0.5, 0.6) is 0 Å². The van der Waals surface area contributed by atoms with Gasteiger partial charge in [-0.3, -0.25) is 0 Å². The molecule has 0 amide bonds. The Morgan fingerprint density at radius 3 is 1.26 bits per heavy atom. The molecule has 4 bridgehead atoms. The lowest BCUT2D eigenvalue weighted by Gasteiger charge is -2.16. The summed E-state index contributed by atoms with van der Waals surface area (Å²) in [5.74, 6) is 0. The Morgan fingerprint density at radius 2 is 0.870 bits per heavy atom. The topological polar surface area (TPSA) is 0 Å². The first-order chi connectivity index (χ1) is 11.2. The van der Waals surface area contributed by atoms with Crippen LogP contribution in [-0.2, 0) is 6.42 Å². The zero-order chi connectivity index (χ0) is 15.6. The number of fused-ring (bicyclic) bond motifs is 1. The highest BCUT2D eigenvalue weighted by molar-refractivity contribution is 6.03. The molecule has 5 aliphatic carbocycles. The highest BCUT2D eigenvalue weighted by Gasteiger charge is 2.21. The van der Waals surface area contributed by atoms with Crippen molar-refractivity contribution in [1.29, 1.82) is 0 Å². The molecular weight excluding hydrogens is 276 g/mol. The van der Waals surface area contributed by atoms with Gasteiger partial charge in [-0.25, -0.2) is 0 Å².